The third kappa shape index (κ3) is 8.75. The van der Waals surface area contributed by atoms with Gasteiger partial charge >= 0.3 is 5.97 Å². The summed E-state index contributed by atoms with van der Waals surface area (Å²) < 4.78 is 29.5. The number of nitrogens with two attached hydrogens (primary N) is 2. The Morgan fingerprint density at radius 3 is 2.29 bits per heavy atom. The van der Waals surface area contributed by atoms with Gasteiger partial charge in [-0.3, -0.25) is 24.1 Å². The van der Waals surface area contributed by atoms with E-state index in [9.17, 15) is 32.7 Å². The molecule has 0 radical (unpaired) electrons. The van der Waals surface area contributed by atoms with Crippen LogP contribution in [0, 0.1) is 5.92 Å². The number of hydrogen-bond donors (Lipinski definition) is 5. The van der Waals surface area contributed by atoms with Crippen LogP contribution in [0.5, 0.6) is 5.75 Å². The highest BCUT2D eigenvalue weighted by Gasteiger charge is 2.44. The average molecular weight is 556 g/mol. The molecule has 0 spiro atoms. The maximum atomic E-state index is 13.6. The van der Waals surface area contributed by atoms with Crippen LogP contribution >= 0.6 is 0 Å². The first-order valence-corrected chi connectivity index (χ1v) is 14.2. The van der Waals surface area contributed by atoms with E-state index in [1.807, 2.05) is 0 Å². The Bertz CT molecular complexity index is 1090. The maximum absolute atomic E-state index is 13.6. The predicted octanol–water partition coefficient (Wildman–Crippen LogP) is -1.40. The number of methoxy groups -OCH3 is 1. The molecule has 3 atom stereocenters. The van der Waals surface area contributed by atoms with E-state index in [0.717, 1.165) is 25.9 Å². The molecule has 1 heterocycles. The number of carbonyl (C=O) groups excluding carboxylic acids is 3. The SMILES string of the molecule is COc1ccc(C[C@H](NC(=O)CCC2CCNCC2)C(=O)N(C(=O)CN)C(N)[C@@H](C(=O)O)S(C)(=O)=O)cc1. The van der Waals surface area contributed by atoms with Crippen LogP contribution in [0.1, 0.15) is 31.2 Å². The molecule has 3 amide bonds. The molecule has 14 heteroatoms. The first-order chi connectivity index (χ1) is 17.9. The molecule has 1 fully saturated rings. The Morgan fingerprint density at radius 2 is 1.79 bits per heavy atom. The lowest BCUT2D eigenvalue weighted by Gasteiger charge is -2.33. The van der Waals surface area contributed by atoms with E-state index in [2.05, 4.69) is 10.6 Å². The Morgan fingerprint density at radius 1 is 1.18 bits per heavy atom. The molecule has 1 saturated heterocycles. The summed E-state index contributed by atoms with van der Waals surface area (Å²) in [4.78, 5) is 51.3. The molecule has 1 aromatic carbocycles. The molecule has 212 valence electrons. The van der Waals surface area contributed by atoms with Gasteiger partial charge in [-0.05, 0) is 56.0 Å². The monoisotopic (exact) mass is 555 g/mol. The number of rotatable bonds is 13. The first kappa shape index (κ1) is 31.1. The lowest BCUT2D eigenvalue weighted by molar-refractivity contribution is -0.150. The summed E-state index contributed by atoms with van der Waals surface area (Å²) in [6, 6.07) is 5.26. The van der Waals surface area contributed by atoms with Crippen molar-refractivity contribution in [1.29, 1.82) is 0 Å². The first-order valence-electron chi connectivity index (χ1n) is 12.2. The number of piperidine rings is 1. The topological polar surface area (TPSA) is 211 Å². The summed E-state index contributed by atoms with van der Waals surface area (Å²) in [5.41, 5.74) is 12.0. The molecule has 1 aliphatic rings. The number of carboxylic acid groups (broad SMARTS) is 1. The van der Waals surface area contributed by atoms with E-state index in [0.29, 0.717) is 34.8 Å². The third-order valence-corrected chi connectivity index (χ3v) is 7.87. The van der Waals surface area contributed by atoms with E-state index in [1.165, 1.54) is 7.11 Å². The molecule has 38 heavy (non-hydrogen) atoms. The molecular weight excluding hydrogens is 518 g/mol. The molecule has 0 aliphatic carbocycles. The predicted molar refractivity (Wildman–Crippen MR) is 139 cm³/mol. The number of nitrogens with one attached hydrogen (secondary N) is 2. The minimum atomic E-state index is -4.34. The van der Waals surface area contributed by atoms with Crippen LogP contribution in [0.2, 0.25) is 0 Å². The number of amides is 3. The van der Waals surface area contributed by atoms with Crippen LogP contribution in [-0.4, -0.2) is 92.6 Å². The van der Waals surface area contributed by atoms with Gasteiger partial charge in [0.1, 0.15) is 18.0 Å². The average Bonchev–Trinajstić information content (AvgIpc) is 2.87. The Hall–Kier alpha value is -3.07. The summed E-state index contributed by atoms with van der Waals surface area (Å²) in [5.74, 6) is -3.51. The number of hydrogen-bond acceptors (Lipinski definition) is 10. The standard InChI is InChI=1S/C24H37N5O8S/c1-37-17-6-3-16(4-7-17)13-18(28-19(30)8-5-15-9-11-27-12-10-15)23(32)29(20(31)14-25)22(26)21(24(33)34)38(2,35)36/h3-4,6-7,15,18,21-22,27H,5,8-14,25-26H2,1-2H3,(H,28,30)(H,33,34)/t18-,21-,22?/m0/s1. The fraction of sp³-hybridized carbons (Fsp3) is 0.583. The molecule has 1 aliphatic heterocycles. The number of sulfone groups is 1. The number of nitrogens with zero attached hydrogens (tertiary/aromatic N) is 1. The molecule has 1 aromatic rings. The molecule has 0 saturated carbocycles. The molecule has 0 aromatic heterocycles. The van der Waals surface area contributed by atoms with Crippen LogP contribution in [0.4, 0.5) is 0 Å². The highest BCUT2D eigenvalue weighted by atomic mass is 32.2. The number of imide groups is 1. The van der Waals surface area contributed by atoms with Crippen molar-refractivity contribution in [1.82, 2.24) is 15.5 Å². The highest BCUT2D eigenvalue weighted by Crippen LogP contribution is 2.19. The molecule has 1 unspecified atom stereocenters. The van der Waals surface area contributed by atoms with Gasteiger partial charge in [0.05, 0.1) is 13.7 Å². The second-order valence-corrected chi connectivity index (χ2v) is 11.5. The quantitative estimate of drug-likeness (QED) is 0.179. The number of benzene rings is 1. The summed E-state index contributed by atoms with van der Waals surface area (Å²) in [6.45, 7) is 0.989. The van der Waals surface area contributed by atoms with Gasteiger partial charge in [-0.25, -0.2) is 8.42 Å². The normalized spacial score (nSPS) is 16.6. The molecule has 2 rings (SSSR count). The van der Waals surface area contributed by atoms with E-state index in [1.54, 1.807) is 24.3 Å². The van der Waals surface area contributed by atoms with Gasteiger partial charge in [-0.1, -0.05) is 12.1 Å². The summed E-state index contributed by atoms with van der Waals surface area (Å²) in [5, 5.41) is 13.1. The van der Waals surface area contributed by atoms with E-state index >= 15 is 0 Å². The van der Waals surface area contributed by atoms with Gasteiger partial charge in [0.25, 0.3) is 5.91 Å². The van der Waals surface area contributed by atoms with Gasteiger partial charge in [0.15, 0.2) is 15.1 Å². The third-order valence-electron chi connectivity index (χ3n) is 6.46. The van der Waals surface area contributed by atoms with Gasteiger partial charge in [0, 0.05) is 19.1 Å². The fourth-order valence-corrected chi connectivity index (χ4v) is 5.38. The zero-order chi connectivity index (χ0) is 28.5. The van der Waals surface area contributed by atoms with Crippen LogP contribution in [-0.2, 0) is 35.4 Å². The van der Waals surface area contributed by atoms with Crippen molar-refractivity contribution in [2.24, 2.45) is 17.4 Å². The summed E-state index contributed by atoms with van der Waals surface area (Å²) in [6.07, 6.45) is 1.08. The Balaban J connectivity index is 2.35. The second-order valence-electron chi connectivity index (χ2n) is 9.29. The number of aliphatic carboxylic acids is 1. The number of ether oxygens (including phenoxy) is 1. The molecule has 13 nitrogen and oxygen atoms in total. The van der Waals surface area contributed by atoms with Crippen molar-refractivity contribution in [3.8, 4) is 5.75 Å². The van der Waals surface area contributed by atoms with Crippen molar-refractivity contribution in [2.45, 2.75) is 49.6 Å². The molecule has 0 bridgehead atoms. The fourth-order valence-electron chi connectivity index (χ4n) is 4.39. The molecule has 7 N–H and O–H groups in total. The van der Waals surface area contributed by atoms with Crippen LogP contribution in [0.3, 0.4) is 0 Å². The maximum Gasteiger partial charge on any atom is 0.325 e. The minimum Gasteiger partial charge on any atom is -0.497 e. The van der Waals surface area contributed by atoms with Crippen molar-refractivity contribution in [3.05, 3.63) is 29.8 Å². The zero-order valence-corrected chi connectivity index (χ0v) is 22.4. The van der Waals surface area contributed by atoms with Crippen LogP contribution < -0.4 is 26.8 Å². The van der Waals surface area contributed by atoms with Crippen LogP contribution in [0.15, 0.2) is 24.3 Å². The zero-order valence-electron chi connectivity index (χ0n) is 21.6. The lowest BCUT2D eigenvalue weighted by atomic mass is 9.93. The Labute approximate surface area is 222 Å². The smallest absolute Gasteiger partial charge is 0.325 e. The lowest BCUT2D eigenvalue weighted by Crippen LogP contribution is -2.64. The number of carboxylic acids is 1. The summed E-state index contributed by atoms with van der Waals surface area (Å²) >= 11 is 0. The van der Waals surface area contributed by atoms with Crippen molar-refractivity contribution < 1.29 is 37.4 Å². The van der Waals surface area contributed by atoms with E-state index < -0.39 is 57.5 Å². The Kier molecular flexibility index (Phi) is 11.6. The number of carbonyl (C=O) groups is 4. The van der Waals surface area contributed by atoms with Crippen molar-refractivity contribution in [2.75, 3.05) is 33.0 Å². The van der Waals surface area contributed by atoms with E-state index in [-0.39, 0.29) is 12.8 Å². The summed E-state index contributed by atoms with van der Waals surface area (Å²) in [7, 11) is -2.85. The largest absolute Gasteiger partial charge is 0.497 e. The van der Waals surface area contributed by atoms with Gasteiger partial charge in [-0.15, -0.1) is 0 Å². The molecular formula is C24H37N5O8S. The van der Waals surface area contributed by atoms with Crippen LogP contribution in [0.25, 0.3) is 0 Å². The van der Waals surface area contributed by atoms with Gasteiger partial charge in [-0.2, -0.15) is 0 Å². The van der Waals surface area contributed by atoms with E-state index in [4.69, 9.17) is 16.2 Å². The van der Waals surface area contributed by atoms with Crippen molar-refractivity contribution >= 4 is 33.5 Å². The van der Waals surface area contributed by atoms with Crippen molar-refractivity contribution in [3.63, 3.8) is 0 Å². The van der Waals surface area contributed by atoms with Gasteiger partial charge < -0.3 is 31.9 Å². The van der Waals surface area contributed by atoms with Gasteiger partial charge in [0.2, 0.25) is 11.8 Å². The minimum absolute atomic E-state index is 0.0837. The second kappa shape index (κ2) is 14.2. The highest BCUT2D eigenvalue weighted by molar-refractivity contribution is 7.92.